The van der Waals surface area contributed by atoms with E-state index in [0.29, 0.717) is 12.1 Å². The smallest absolute Gasteiger partial charge is 0.0682 e. The Hall–Kier alpha value is -1.20. The maximum atomic E-state index is 10.1. The van der Waals surface area contributed by atoms with Crippen molar-refractivity contribution in [2.24, 2.45) is 0 Å². The standard InChI is InChI=1S/C20H26N2OS/c1-15-7-8-20(24-15)14-22-12-18-10-19(23)13-21(18)11-17(22)9-16-5-3-2-4-6-16/h2-8,17-19,23H,9-14H2,1H3/t17-,18-,19+/m0/s1. The molecule has 3 heterocycles. The van der Waals surface area contributed by atoms with Crippen molar-refractivity contribution in [1.82, 2.24) is 9.80 Å². The molecule has 2 aliphatic rings. The molecule has 128 valence electrons. The van der Waals surface area contributed by atoms with Gasteiger partial charge in [0.15, 0.2) is 0 Å². The highest BCUT2D eigenvalue weighted by atomic mass is 32.1. The fourth-order valence-electron chi connectivity index (χ4n) is 4.22. The summed E-state index contributed by atoms with van der Waals surface area (Å²) in [6.45, 7) is 6.21. The van der Waals surface area contributed by atoms with Crippen molar-refractivity contribution >= 4 is 11.3 Å². The zero-order valence-electron chi connectivity index (χ0n) is 14.3. The van der Waals surface area contributed by atoms with E-state index in [1.807, 2.05) is 11.3 Å². The molecule has 3 nitrogen and oxygen atoms in total. The van der Waals surface area contributed by atoms with Gasteiger partial charge in [0.2, 0.25) is 0 Å². The fraction of sp³-hybridized carbons (Fsp3) is 0.500. The van der Waals surface area contributed by atoms with E-state index in [1.54, 1.807) is 0 Å². The number of nitrogens with zero attached hydrogens (tertiary/aromatic N) is 2. The largest absolute Gasteiger partial charge is 0.392 e. The summed E-state index contributed by atoms with van der Waals surface area (Å²) in [5, 5.41) is 10.1. The van der Waals surface area contributed by atoms with Crippen molar-refractivity contribution in [3.05, 3.63) is 57.8 Å². The van der Waals surface area contributed by atoms with Crippen molar-refractivity contribution in [2.75, 3.05) is 19.6 Å². The van der Waals surface area contributed by atoms with Crippen LogP contribution in [-0.2, 0) is 13.0 Å². The molecular weight excluding hydrogens is 316 g/mol. The van der Waals surface area contributed by atoms with Crippen LogP contribution in [-0.4, -0.2) is 52.7 Å². The first-order chi connectivity index (χ1) is 11.7. The Morgan fingerprint density at radius 2 is 1.92 bits per heavy atom. The van der Waals surface area contributed by atoms with Crippen LogP contribution in [0, 0.1) is 6.92 Å². The number of piperazine rings is 1. The zero-order valence-corrected chi connectivity index (χ0v) is 15.1. The molecule has 2 fully saturated rings. The Bertz CT molecular complexity index is 671. The SMILES string of the molecule is Cc1ccc(CN2C[C@@H]3C[C@@H](O)CN3C[C@@H]2Cc2ccccc2)s1. The lowest BCUT2D eigenvalue weighted by Gasteiger charge is -2.43. The van der Waals surface area contributed by atoms with Crippen LogP contribution in [0.5, 0.6) is 0 Å². The zero-order chi connectivity index (χ0) is 16.5. The van der Waals surface area contributed by atoms with Gasteiger partial charge in [-0.05, 0) is 37.5 Å². The Balaban J connectivity index is 1.52. The molecule has 0 amide bonds. The quantitative estimate of drug-likeness (QED) is 0.925. The first-order valence-electron chi connectivity index (χ1n) is 8.93. The molecule has 1 aromatic heterocycles. The van der Waals surface area contributed by atoms with Gasteiger partial charge in [-0.15, -0.1) is 11.3 Å². The van der Waals surface area contributed by atoms with Crippen LogP contribution >= 0.6 is 11.3 Å². The number of hydrogen-bond acceptors (Lipinski definition) is 4. The summed E-state index contributed by atoms with van der Waals surface area (Å²) in [5.74, 6) is 0. The summed E-state index contributed by atoms with van der Waals surface area (Å²) in [5.41, 5.74) is 1.41. The number of aliphatic hydroxyl groups excluding tert-OH is 1. The average molecular weight is 343 g/mol. The first-order valence-corrected chi connectivity index (χ1v) is 9.74. The van der Waals surface area contributed by atoms with Crippen LogP contribution in [0.25, 0.3) is 0 Å². The van der Waals surface area contributed by atoms with Crippen LogP contribution in [0.15, 0.2) is 42.5 Å². The number of rotatable bonds is 4. The monoisotopic (exact) mass is 342 g/mol. The normalized spacial score (nSPS) is 28.2. The predicted molar refractivity (Wildman–Crippen MR) is 99.4 cm³/mol. The number of aryl methyl sites for hydroxylation is 1. The summed E-state index contributed by atoms with van der Waals surface area (Å²) in [4.78, 5) is 8.00. The molecule has 2 aromatic rings. The van der Waals surface area contributed by atoms with Gasteiger partial charge in [-0.25, -0.2) is 0 Å². The highest BCUT2D eigenvalue weighted by molar-refractivity contribution is 7.11. The van der Waals surface area contributed by atoms with Crippen molar-refractivity contribution < 1.29 is 5.11 Å². The summed E-state index contributed by atoms with van der Waals surface area (Å²) in [6, 6.07) is 16.4. The molecule has 0 aliphatic carbocycles. The molecule has 4 heteroatoms. The van der Waals surface area contributed by atoms with Crippen LogP contribution in [0.2, 0.25) is 0 Å². The van der Waals surface area contributed by atoms with Gasteiger partial charge in [-0.2, -0.15) is 0 Å². The maximum Gasteiger partial charge on any atom is 0.0682 e. The molecule has 2 aliphatic heterocycles. The molecule has 4 rings (SSSR count). The lowest BCUT2D eigenvalue weighted by molar-refractivity contribution is 0.0452. The maximum absolute atomic E-state index is 10.1. The molecule has 2 saturated heterocycles. The van der Waals surface area contributed by atoms with Crippen LogP contribution in [0.1, 0.15) is 21.7 Å². The Labute approximate surface area is 148 Å². The minimum atomic E-state index is -0.142. The molecule has 24 heavy (non-hydrogen) atoms. The Morgan fingerprint density at radius 3 is 2.67 bits per heavy atom. The highest BCUT2D eigenvalue weighted by Crippen LogP contribution is 2.29. The molecule has 0 spiro atoms. The van der Waals surface area contributed by atoms with Gasteiger partial charge < -0.3 is 5.11 Å². The molecule has 1 N–H and O–H groups in total. The summed E-state index contributed by atoms with van der Waals surface area (Å²) in [6.07, 6.45) is 1.87. The molecular formula is C20H26N2OS. The van der Waals surface area contributed by atoms with Crippen LogP contribution in [0.4, 0.5) is 0 Å². The molecule has 0 bridgehead atoms. The van der Waals surface area contributed by atoms with Gasteiger partial charge in [-0.1, -0.05) is 30.3 Å². The first kappa shape index (κ1) is 16.3. The summed E-state index contributed by atoms with van der Waals surface area (Å²) < 4.78 is 0. The highest BCUT2D eigenvalue weighted by Gasteiger charge is 2.39. The van der Waals surface area contributed by atoms with Gasteiger partial charge in [0.05, 0.1) is 6.10 Å². The Morgan fingerprint density at radius 1 is 1.08 bits per heavy atom. The Kier molecular flexibility index (Phi) is 4.72. The number of fused-ring (bicyclic) bond motifs is 1. The van der Waals surface area contributed by atoms with E-state index in [-0.39, 0.29) is 6.10 Å². The van der Waals surface area contributed by atoms with Crippen molar-refractivity contribution in [3.8, 4) is 0 Å². The second kappa shape index (κ2) is 6.96. The minimum Gasteiger partial charge on any atom is -0.392 e. The van der Waals surface area contributed by atoms with E-state index in [1.165, 1.54) is 15.3 Å². The average Bonchev–Trinajstić information content (AvgIpc) is 3.13. The third-order valence-corrected chi connectivity index (χ3v) is 6.37. The third-order valence-electron chi connectivity index (χ3n) is 5.38. The lowest BCUT2D eigenvalue weighted by Crippen LogP contribution is -2.56. The van der Waals surface area contributed by atoms with E-state index in [0.717, 1.165) is 39.0 Å². The second-order valence-corrected chi connectivity index (χ2v) is 8.66. The third kappa shape index (κ3) is 3.57. The van der Waals surface area contributed by atoms with Gasteiger partial charge in [0.1, 0.15) is 0 Å². The lowest BCUT2D eigenvalue weighted by atomic mass is 9.99. The van der Waals surface area contributed by atoms with E-state index in [9.17, 15) is 5.11 Å². The number of thiophene rings is 1. The van der Waals surface area contributed by atoms with Gasteiger partial charge in [0.25, 0.3) is 0 Å². The van der Waals surface area contributed by atoms with E-state index < -0.39 is 0 Å². The van der Waals surface area contributed by atoms with Crippen LogP contribution in [0.3, 0.4) is 0 Å². The van der Waals surface area contributed by atoms with Crippen LogP contribution < -0.4 is 0 Å². The van der Waals surface area contributed by atoms with Gasteiger partial charge in [-0.3, -0.25) is 9.80 Å². The predicted octanol–water partition coefficient (Wildman–Crippen LogP) is 2.92. The van der Waals surface area contributed by atoms with Crippen molar-refractivity contribution in [3.63, 3.8) is 0 Å². The minimum absolute atomic E-state index is 0.142. The molecule has 0 radical (unpaired) electrons. The van der Waals surface area contributed by atoms with E-state index >= 15 is 0 Å². The fourth-order valence-corrected chi connectivity index (χ4v) is 5.14. The molecule has 1 aromatic carbocycles. The number of aliphatic hydroxyl groups is 1. The van der Waals surface area contributed by atoms with Crippen molar-refractivity contribution in [2.45, 2.75) is 44.5 Å². The van der Waals surface area contributed by atoms with Crippen molar-refractivity contribution in [1.29, 1.82) is 0 Å². The summed E-state index contributed by atoms with van der Waals surface area (Å²) in [7, 11) is 0. The second-order valence-electron chi connectivity index (χ2n) is 7.28. The van der Waals surface area contributed by atoms with Gasteiger partial charge in [0, 0.05) is 48.0 Å². The topological polar surface area (TPSA) is 26.7 Å². The number of benzene rings is 1. The molecule has 3 atom stereocenters. The number of hydrogen-bond donors (Lipinski definition) is 1. The van der Waals surface area contributed by atoms with E-state index in [4.69, 9.17) is 0 Å². The van der Waals surface area contributed by atoms with E-state index in [2.05, 4.69) is 59.2 Å². The van der Waals surface area contributed by atoms with Gasteiger partial charge >= 0.3 is 0 Å². The summed E-state index contributed by atoms with van der Waals surface area (Å²) >= 11 is 1.91. The molecule has 0 unspecified atom stereocenters. The molecule has 0 saturated carbocycles.